The summed E-state index contributed by atoms with van der Waals surface area (Å²) in [5.74, 6) is 0.0807. The van der Waals surface area contributed by atoms with Gasteiger partial charge < -0.3 is 9.38 Å². The fraction of sp³-hybridized carbons (Fsp3) is 0.0476. The number of H-pyrrole nitrogens is 1. The molecule has 0 atom stereocenters. The lowest BCUT2D eigenvalue weighted by Gasteiger charge is -2.00. The molecule has 0 aliphatic carbocycles. The van der Waals surface area contributed by atoms with Crippen molar-refractivity contribution in [2.45, 2.75) is 6.92 Å². The summed E-state index contributed by atoms with van der Waals surface area (Å²) in [4.78, 5) is 28.6. The van der Waals surface area contributed by atoms with E-state index in [-0.39, 0.29) is 5.91 Å². The van der Waals surface area contributed by atoms with Crippen LogP contribution in [0.4, 0.5) is 5.95 Å². The minimum Gasteiger partial charge on any atom is -0.324 e. The molecule has 4 aromatic heterocycles. The van der Waals surface area contributed by atoms with Gasteiger partial charge in [0.2, 0.25) is 5.95 Å². The summed E-state index contributed by atoms with van der Waals surface area (Å²) in [6.07, 6.45) is 5.24. The molecule has 0 fully saturated rings. The van der Waals surface area contributed by atoms with E-state index in [1.54, 1.807) is 18.6 Å². The van der Waals surface area contributed by atoms with Crippen molar-refractivity contribution in [3.63, 3.8) is 0 Å². The number of aromatic amines is 1. The SMILES string of the molecule is Cc1cccc2nc(C(=O)Nc3nc4ccc(-c5ccncc5)cc4[nH]3)cn12. The summed E-state index contributed by atoms with van der Waals surface area (Å²) < 4.78 is 1.88. The van der Waals surface area contributed by atoms with Crippen molar-refractivity contribution in [3.8, 4) is 11.1 Å². The van der Waals surface area contributed by atoms with Crippen LogP contribution in [0.5, 0.6) is 0 Å². The maximum atomic E-state index is 12.6. The van der Waals surface area contributed by atoms with Gasteiger partial charge in [-0.05, 0) is 54.4 Å². The zero-order chi connectivity index (χ0) is 19.1. The van der Waals surface area contributed by atoms with Crippen LogP contribution in [-0.2, 0) is 0 Å². The van der Waals surface area contributed by atoms with Crippen molar-refractivity contribution in [1.29, 1.82) is 0 Å². The van der Waals surface area contributed by atoms with Gasteiger partial charge in [0.1, 0.15) is 11.3 Å². The van der Waals surface area contributed by atoms with E-state index >= 15 is 0 Å². The normalized spacial score (nSPS) is 11.2. The highest BCUT2D eigenvalue weighted by atomic mass is 16.2. The number of imidazole rings is 2. The van der Waals surface area contributed by atoms with Gasteiger partial charge in [-0.25, -0.2) is 9.97 Å². The summed E-state index contributed by atoms with van der Waals surface area (Å²) in [7, 11) is 0. The second-order valence-electron chi connectivity index (χ2n) is 6.53. The number of amides is 1. The molecule has 7 heteroatoms. The number of aryl methyl sites for hydroxylation is 1. The zero-order valence-corrected chi connectivity index (χ0v) is 15.0. The van der Waals surface area contributed by atoms with Crippen LogP contribution in [0.3, 0.4) is 0 Å². The Kier molecular flexibility index (Phi) is 3.65. The Morgan fingerprint density at radius 3 is 2.71 bits per heavy atom. The lowest BCUT2D eigenvalue weighted by molar-refractivity contribution is 0.102. The van der Waals surface area contributed by atoms with Crippen molar-refractivity contribution >= 4 is 28.5 Å². The third kappa shape index (κ3) is 2.79. The Morgan fingerprint density at radius 1 is 1.04 bits per heavy atom. The molecule has 0 saturated carbocycles. The number of rotatable bonds is 3. The number of nitrogens with zero attached hydrogens (tertiary/aromatic N) is 4. The number of benzene rings is 1. The van der Waals surface area contributed by atoms with E-state index in [9.17, 15) is 4.79 Å². The molecule has 5 aromatic rings. The first-order chi connectivity index (χ1) is 13.7. The molecule has 0 saturated heterocycles. The lowest BCUT2D eigenvalue weighted by Crippen LogP contribution is -2.13. The minimum atomic E-state index is -0.309. The Hall–Kier alpha value is -4.00. The van der Waals surface area contributed by atoms with E-state index in [2.05, 4.69) is 25.3 Å². The highest BCUT2D eigenvalue weighted by Crippen LogP contribution is 2.24. The number of hydrogen-bond donors (Lipinski definition) is 2. The van der Waals surface area contributed by atoms with Gasteiger partial charge in [-0.3, -0.25) is 15.1 Å². The molecule has 4 heterocycles. The number of nitrogens with one attached hydrogen (secondary N) is 2. The van der Waals surface area contributed by atoms with Gasteiger partial charge in [-0.15, -0.1) is 0 Å². The van der Waals surface area contributed by atoms with Gasteiger partial charge in [0, 0.05) is 24.3 Å². The van der Waals surface area contributed by atoms with Crippen LogP contribution in [0, 0.1) is 6.92 Å². The standard InChI is InChI=1S/C21H16N6O/c1-13-3-2-4-19-23-18(12-27(13)19)20(28)26-21-24-16-6-5-15(11-17(16)25-21)14-7-9-22-10-8-14/h2-12H,1H3,(H2,24,25,26,28). The first-order valence-corrected chi connectivity index (χ1v) is 8.84. The van der Waals surface area contributed by atoms with Crippen LogP contribution < -0.4 is 5.32 Å². The minimum absolute atomic E-state index is 0.309. The maximum absolute atomic E-state index is 12.6. The van der Waals surface area contributed by atoms with Crippen LogP contribution in [-0.4, -0.2) is 30.2 Å². The average molecular weight is 368 g/mol. The summed E-state index contributed by atoms with van der Waals surface area (Å²) >= 11 is 0. The molecule has 5 rings (SSSR count). The molecule has 0 spiro atoms. The molecule has 7 nitrogen and oxygen atoms in total. The molecular formula is C21H16N6O. The molecule has 136 valence electrons. The summed E-state index contributed by atoms with van der Waals surface area (Å²) in [5, 5.41) is 2.80. The van der Waals surface area contributed by atoms with Crippen molar-refractivity contribution in [2.24, 2.45) is 0 Å². The molecular weight excluding hydrogens is 352 g/mol. The molecule has 1 aromatic carbocycles. The first-order valence-electron chi connectivity index (χ1n) is 8.84. The van der Waals surface area contributed by atoms with Crippen LogP contribution in [0.2, 0.25) is 0 Å². The Bertz CT molecular complexity index is 1320. The van der Waals surface area contributed by atoms with E-state index in [0.29, 0.717) is 11.6 Å². The number of pyridine rings is 2. The lowest BCUT2D eigenvalue weighted by atomic mass is 10.1. The number of aromatic nitrogens is 5. The smallest absolute Gasteiger partial charge is 0.278 e. The number of carbonyl (C=O) groups is 1. The molecule has 1 amide bonds. The number of fused-ring (bicyclic) bond motifs is 2. The molecule has 0 unspecified atom stereocenters. The number of hydrogen-bond acceptors (Lipinski definition) is 4. The second-order valence-corrected chi connectivity index (χ2v) is 6.53. The van der Waals surface area contributed by atoms with Crippen LogP contribution in [0.25, 0.3) is 27.8 Å². The van der Waals surface area contributed by atoms with Gasteiger partial charge in [0.15, 0.2) is 0 Å². The van der Waals surface area contributed by atoms with E-state index in [0.717, 1.165) is 33.5 Å². The fourth-order valence-electron chi connectivity index (χ4n) is 3.22. The monoisotopic (exact) mass is 368 g/mol. The van der Waals surface area contributed by atoms with E-state index in [1.807, 2.05) is 59.9 Å². The molecule has 0 aliphatic rings. The van der Waals surface area contributed by atoms with Crippen molar-refractivity contribution < 1.29 is 4.79 Å². The Morgan fingerprint density at radius 2 is 1.89 bits per heavy atom. The quantitative estimate of drug-likeness (QED) is 0.506. The van der Waals surface area contributed by atoms with Crippen molar-refractivity contribution in [1.82, 2.24) is 24.3 Å². The fourth-order valence-corrected chi connectivity index (χ4v) is 3.22. The van der Waals surface area contributed by atoms with Gasteiger partial charge >= 0.3 is 0 Å². The van der Waals surface area contributed by atoms with Gasteiger partial charge in [0.05, 0.1) is 11.0 Å². The molecule has 0 aliphatic heterocycles. The van der Waals surface area contributed by atoms with Gasteiger partial charge in [-0.1, -0.05) is 12.1 Å². The topological polar surface area (TPSA) is 88.0 Å². The first kappa shape index (κ1) is 16.2. The summed E-state index contributed by atoms with van der Waals surface area (Å²) in [5.41, 5.74) is 5.82. The largest absolute Gasteiger partial charge is 0.324 e. The number of carbonyl (C=O) groups excluding carboxylic acids is 1. The predicted octanol–water partition coefficient (Wildman–Crippen LogP) is 3.83. The molecule has 0 bridgehead atoms. The van der Waals surface area contributed by atoms with Crippen molar-refractivity contribution in [2.75, 3.05) is 5.32 Å². The molecule has 0 radical (unpaired) electrons. The van der Waals surface area contributed by atoms with Gasteiger partial charge in [-0.2, -0.15) is 0 Å². The Balaban J connectivity index is 1.44. The van der Waals surface area contributed by atoms with Crippen LogP contribution in [0.15, 0.2) is 67.1 Å². The van der Waals surface area contributed by atoms with E-state index < -0.39 is 0 Å². The predicted molar refractivity (Wildman–Crippen MR) is 107 cm³/mol. The highest BCUT2D eigenvalue weighted by molar-refractivity contribution is 6.03. The molecule has 28 heavy (non-hydrogen) atoms. The van der Waals surface area contributed by atoms with E-state index in [4.69, 9.17) is 0 Å². The average Bonchev–Trinajstić information content (AvgIpc) is 3.32. The summed E-state index contributed by atoms with van der Waals surface area (Å²) in [6.45, 7) is 1.97. The second kappa shape index (κ2) is 6.31. The third-order valence-electron chi connectivity index (χ3n) is 4.66. The zero-order valence-electron chi connectivity index (χ0n) is 15.0. The maximum Gasteiger partial charge on any atom is 0.278 e. The highest BCUT2D eigenvalue weighted by Gasteiger charge is 2.14. The van der Waals surface area contributed by atoms with Crippen LogP contribution in [0.1, 0.15) is 16.2 Å². The van der Waals surface area contributed by atoms with Crippen molar-refractivity contribution in [3.05, 3.63) is 78.5 Å². The third-order valence-corrected chi connectivity index (χ3v) is 4.66. The Labute approximate surface area is 160 Å². The van der Waals surface area contributed by atoms with E-state index in [1.165, 1.54) is 0 Å². The van der Waals surface area contributed by atoms with Crippen LogP contribution >= 0.6 is 0 Å². The molecule has 2 N–H and O–H groups in total. The summed E-state index contributed by atoms with van der Waals surface area (Å²) in [6, 6.07) is 15.6. The number of anilines is 1. The van der Waals surface area contributed by atoms with Gasteiger partial charge in [0.25, 0.3) is 5.91 Å².